The van der Waals surface area contributed by atoms with Crippen LogP contribution in [0, 0.1) is 10.1 Å². The van der Waals surface area contributed by atoms with Gasteiger partial charge in [-0.05, 0) is 51.0 Å². The first-order valence-electron chi connectivity index (χ1n) is 15.6. The van der Waals surface area contributed by atoms with Gasteiger partial charge >= 0.3 is 0 Å². The van der Waals surface area contributed by atoms with Crippen LogP contribution in [0.1, 0.15) is 112 Å². The standard InChI is InChI=1S/C32H45N5O8/c1-4-20(3)28-32(43)36-18-12-11-17-26(36)31(42)33-23(15-8-6-7-13-21(38)5-2)29(40)34-24(30(41)35-28)19-27(39)22-14-9-10-16-25(22)37(44)45/h9-10,14,16,20,27,35,39,41-43H,4-8,11-13,15,17-19H2,1-3H3,(H,34,40)/t20-,27?/m0/s1. The van der Waals surface area contributed by atoms with Crippen LogP contribution in [0.5, 0.6) is 17.6 Å². The number of aromatic nitrogens is 4. The number of hydrogen-bond donors (Lipinski definition) is 6. The van der Waals surface area contributed by atoms with Gasteiger partial charge < -0.3 is 35.0 Å². The Hall–Kier alpha value is -4.39. The Morgan fingerprint density at radius 1 is 1.11 bits per heavy atom. The van der Waals surface area contributed by atoms with E-state index in [0.29, 0.717) is 57.2 Å². The topological polar surface area (TPSA) is 208 Å². The SMILES string of the molecule is CCC(=O)CCCCCc1nc(O)c2n(c(O)c([C@@H](C)CC)[nH]c(O)c(CC(O)c3ccccc3[N+](=O)[O-])[nH]c1=O)CCCC2. The van der Waals surface area contributed by atoms with Crippen molar-refractivity contribution in [1.29, 1.82) is 0 Å². The van der Waals surface area contributed by atoms with Gasteiger partial charge in [0.05, 0.1) is 33.7 Å². The number of carbonyl (C=O) groups is 1. The number of benzene rings is 1. The molecular formula is C32H45N5O8. The molecule has 3 rings (SSSR count). The summed E-state index contributed by atoms with van der Waals surface area (Å²) < 4.78 is 1.53. The molecule has 1 aromatic carbocycles. The average molecular weight is 628 g/mol. The Morgan fingerprint density at radius 2 is 1.84 bits per heavy atom. The number of nitro groups is 1. The molecule has 1 aromatic heterocycles. The van der Waals surface area contributed by atoms with Crippen LogP contribution in [0.25, 0.3) is 0 Å². The van der Waals surface area contributed by atoms with Gasteiger partial charge in [-0.25, -0.2) is 4.98 Å². The number of aromatic amines is 2. The number of nitrogens with one attached hydrogen (secondary N) is 2. The molecule has 6 N–H and O–H groups in total. The van der Waals surface area contributed by atoms with Crippen LogP contribution in [-0.2, 0) is 30.6 Å². The lowest BCUT2D eigenvalue weighted by molar-refractivity contribution is -0.386. The van der Waals surface area contributed by atoms with E-state index in [1.54, 1.807) is 6.92 Å². The Bertz CT molecular complexity index is 1540. The number of hydrogen-bond acceptors (Lipinski definition) is 9. The summed E-state index contributed by atoms with van der Waals surface area (Å²) in [4.78, 5) is 46.1. The molecule has 2 aromatic rings. The number of aliphatic hydroxyl groups excluding tert-OH is 1. The summed E-state index contributed by atoms with van der Waals surface area (Å²) in [5.41, 5.74) is -0.764. The van der Waals surface area contributed by atoms with Gasteiger partial charge in [-0.15, -0.1) is 0 Å². The van der Waals surface area contributed by atoms with E-state index in [9.17, 15) is 40.1 Å². The highest BCUT2D eigenvalue weighted by Gasteiger charge is 2.23. The van der Waals surface area contributed by atoms with Crippen molar-refractivity contribution in [2.24, 2.45) is 0 Å². The zero-order chi connectivity index (χ0) is 33.1. The minimum Gasteiger partial charge on any atom is -0.493 e. The van der Waals surface area contributed by atoms with Gasteiger partial charge in [-0.1, -0.05) is 39.3 Å². The molecule has 1 aliphatic rings. The van der Waals surface area contributed by atoms with Crippen LogP contribution in [0.2, 0.25) is 0 Å². The first-order chi connectivity index (χ1) is 21.5. The second-order valence-corrected chi connectivity index (χ2v) is 11.4. The van der Waals surface area contributed by atoms with Crippen molar-refractivity contribution >= 4 is 11.5 Å². The molecular weight excluding hydrogens is 582 g/mol. The molecule has 0 amide bonds. The van der Waals surface area contributed by atoms with Crippen molar-refractivity contribution in [3.05, 3.63) is 73.1 Å². The summed E-state index contributed by atoms with van der Waals surface area (Å²) in [6.45, 7) is 5.89. The van der Waals surface area contributed by atoms with Gasteiger partial charge in [0.1, 0.15) is 11.5 Å². The number of Topliss-reactive ketones (excluding diaryl/α,β-unsaturated/α-hetero) is 1. The molecule has 246 valence electrons. The third kappa shape index (κ3) is 9.30. The van der Waals surface area contributed by atoms with Crippen molar-refractivity contribution in [2.75, 3.05) is 0 Å². The minimum absolute atomic E-state index is 0.0160. The third-order valence-electron chi connectivity index (χ3n) is 8.19. The fourth-order valence-electron chi connectivity index (χ4n) is 5.29. The quantitative estimate of drug-likeness (QED) is 0.0955. The van der Waals surface area contributed by atoms with E-state index in [1.165, 1.54) is 28.8 Å². The lowest BCUT2D eigenvalue weighted by atomic mass is 10.0. The number of aromatic hydroxyl groups is 3. The molecule has 2 atom stereocenters. The summed E-state index contributed by atoms with van der Waals surface area (Å²) in [5, 5.41) is 56.7. The van der Waals surface area contributed by atoms with Crippen molar-refractivity contribution in [2.45, 2.75) is 110 Å². The molecule has 13 nitrogen and oxygen atoms in total. The van der Waals surface area contributed by atoms with Crippen molar-refractivity contribution in [1.82, 2.24) is 19.5 Å². The Labute approximate surface area is 261 Å². The fraction of sp³-hybridized carbons (Fsp3) is 0.531. The number of para-hydroxylation sites is 1. The Balaban J connectivity index is 2.29. The van der Waals surface area contributed by atoms with Crippen LogP contribution in [0.4, 0.5) is 5.69 Å². The molecule has 1 aliphatic heterocycles. The Kier molecular flexibility index (Phi) is 13.0. The first kappa shape index (κ1) is 35.1. The van der Waals surface area contributed by atoms with E-state index in [-0.39, 0.29) is 52.3 Å². The van der Waals surface area contributed by atoms with E-state index < -0.39 is 34.8 Å². The van der Waals surface area contributed by atoms with E-state index >= 15 is 0 Å². The van der Waals surface area contributed by atoms with Crippen molar-refractivity contribution < 1.29 is 30.1 Å². The molecule has 0 bridgehead atoms. The minimum atomic E-state index is -1.50. The summed E-state index contributed by atoms with van der Waals surface area (Å²) in [5.74, 6) is -1.36. The largest absolute Gasteiger partial charge is 0.493 e. The van der Waals surface area contributed by atoms with Crippen LogP contribution in [0.3, 0.4) is 0 Å². The van der Waals surface area contributed by atoms with E-state index in [4.69, 9.17) is 0 Å². The number of aliphatic hydroxyl groups is 1. The number of aryl methyl sites for hydroxylation is 1. The number of fused-ring (bicyclic) bond motifs is 1. The molecule has 0 radical (unpaired) electrons. The molecule has 45 heavy (non-hydrogen) atoms. The van der Waals surface area contributed by atoms with Crippen LogP contribution in [0.15, 0.2) is 29.1 Å². The van der Waals surface area contributed by atoms with Gasteiger partial charge in [0.25, 0.3) is 11.2 Å². The molecule has 13 heteroatoms. The van der Waals surface area contributed by atoms with Crippen molar-refractivity contribution in [3.8, 4) is 17.6 Å². The predicted octanol–water partition coefficient (Wildman–Crippen LogP) is 5.38. The summed E-state index contributed by atoms with van der Waals surface area (Å²) in [7, 11) is 0. The molecule has 0 saturated carbocycles. The highest BCUT2D eigenvalue weighted by Crippen LogP contribution is 2.32. The average Bonchev–Trinajstić information content (AvgIpc) is 3.04. The fourth-order valence-corrected chi connectivity index (χ4v) is 5.29. The smallest absolute Gasteiger partial charge is 0.275 e. The Morgan fingerprint density at radius 3 is 2.53 bits per heavy atom. The molecule has 0 saturated heterocycles. The maximum atomic E-state index is 13.7. The highest BCUT2D eigenvalue weighted by atomic mass is 16.6. The van der Waals surface area contributed by atoms with Gasteiger partial charge in [-0.2, -0.15) is 0 Å². The van der Waals surface area contributed by atoms with Crippen LogP contribution < -0.4 is 5.56 Å². The number of unbranched alkanes of at least 4 members (excludes halogenated alkanes) is 2. The summed E-state index contributed by atoms with van der Waals surface area (Å²) in [6.07, 6.45) is 3.26. The second kappa shape index (κ2) is 16.6. The van der Waals surface area contributed by atoms with E-state index in [0.717, 1.165) is 12.8 Å². The molecule has 0 aliphatic carbocycles. The van der Waals surface area contributed by atoms with Crippen molar-refractivity contribution in [3.63, 3.8) is 0 Å². The molecule has 1 unspecified atom stereocenters. The summed E-state index contributed by atoms with van der Waals surface area (Å²) in [6, 6.07) is 5.63. The maximum Gasteiger partial charge on any atom is 0.275 e. The lowest BCUT2D eigenvalue weighted by Crippen LogP contribution is -2.18. The number of carbonyl (C=O) groups excluding carboxylic acids is 1. The number of nitro benzene ring substituents is 1. The number of rotatable bonds is 13. The number of H-pyrrole nitrogens is 2. The van der Waals surface area contributed by atoms with Gasteiger partial charge in [-0.3, -0.25) is 19.7 Å². The van der Waals surface area contributed by atoms with Crippen LogP contribution >= 0.6 is 0 Å². The summed E-state index contributed by atoms with van der Waals surface area (Å²) >= 11 is 0. The zero-order valence-corrected chi connectivity index (χ0v) is 26.2. The van der Waals surface area contributed by atoms with E-state index in [2.05, 4.69) is 15.0 Å². The maximum absolute atomic E-state index is 13.7. The highest BCUT2D eigenvalue weighted by molar-refractivity contribution is 5.77. The lowest BCUT2D eigenvalue weighted by Gasteiger charge is -2.22. The van der Waals surface area contributed by atoms with Gasteiger partial charge in [0.2, 0.25) is 17.6 Å². The monoisotopic (exact) mass is 627 g/mol. The number of nitrogens with zero attached hydrogens (tertiary/aromatic N) is 3. The van der Waals surface area contributed by atoms with Gasteiger partial charge in [0, 0.05) is 37.8 Å². The molecule has 0 spiro atoms. The first-order valence-corrected chi connectivity index (χ1v) is 15.6. The molecule has 2 heterocycles. The number of ketones is 1. The normalized spacial score (nSPS) is 13.7. The van der Waals surface area contributed by atoms with Crippen LogP contribution in [-0.4, -0.2) is 50.7 Å². The second-order valence-electron chi connectivity index (χ2n) is 11.4. The predicted molar refractivity (Wildman–Crippen MR) is 168 cm³/mol. The molecule has 0 fully saturated rings. The van der Waals surface area contributed by atoms with E-state index in [1.807, 2.05) is 13.8 Å². The third-order valence-corrected chi connectivity index (χ3v) is 8.19. The zero-order valence-electron chi connectivity index (χ0n) is 26.2. The van der Waals surface area contributed by atoms with Gasteiger partial charge in [0.15, 0.2) is 0 Å².